The van der Waals surface area contributed by atoms with Crippen LogP contribution in [0.3, 0.4) is 0 Å². The van der Waals surface area contributed by atoms with Gasteiger partial charge in [0.2, 0.25) is 15.9 Å². The number of rotatable bonds is 5. The lowest BCUT2D eigenvalue weighted by molar-refractivity contribution is -0.145. The number of hydrogen-bond donors (Lipinski definition) is 1. The highest BCUT2D eigenvalue weighted by molar-refractivity contribution is 7.89. The highest BCUT2D eigenvalue weighted by Gasteiger charge is 2.28. The van der Waals surface area contributed by atoms with Crippen molar-refractivity contribution in [1.29, 1.82) is 0 Å². The minimum atomic E-state index is -3.36. The monoisotopic (exact) mass is 292 g/mol. The molecule has 110 valence electrons. The Hall–Kier alpha value is -1.15. The van der Waals surface area contributed by atoms with E-state index in [4.69, 9.17) is 5.11 Å². The number of nitrogens with zero attached hydrogens (tertiary/aromatic N) is 2. The van der Waals surface area contributed by atoms with Crippen molar-refractivity contribution in [1.82, 2.24) is 9.21 Å². The van der Waals surface area contributed by atoms with Crippen LogP contribution in [0.15, 0.2) is 0 Å². The van der Waals surface area contributed by atoms with Gasteiger partial charge in [-0.3, -0.25) is 9.59 Å². The molecule has 1 rings (SSSR count). The fourth-order valence-electron chi connectivity index (χ4n) is 1.99. The van der Waals surface area contributed by atoms with Gasteiger partial charge in [-0.05, 0) is 19.8 Å². The maximum absolute atomic E-state index is 11.9. The first-order chi connectivity index (χ1) is 8.77. The molecule has 1 aliphatic heterocycles. The summed E-state index contributed by atoms with van der Waals surface area (Å²) in [7, 11) is -1.99. The topological polar surface area (TPSA) is 95.0 Å². The highest BCUT2D eigenvalue weighted by atomic mass is 32.2. The number of sulfonamides is 1. The van der Waals surface area contributed by atoms with Crippen molar-refractivity contribution < 1.29 is 23.1 Å². The van der Waals surface area contributed by atoms with Gasteiger partial charge in [0.15, 0.2) is 0 Å². The number of carboxylic acids is 1. The quantitative estimate of drug-likeness (QED) is 0.743. The Morgan fingerprint density at radius 1 is 1.32 bits per heavy atom. The molecule has 8 heteroatoms. The molecule has 1 saturated heterocycles. The van der Waals surface area contributed by atoms with Crippen LogP contribution in [0.1, 0.15) is 19.8 Å². The van der Waals surface area contributed by atoms with Crippen LogP contribution in [0, 0.1) is 5.92 Å². The lowest BCUT2D eigenvalue weighted by atomic mass is 9.97. The van der Waals surface area contributed by atoms with Crippen LogP contribution in [-0.4, -0.2) is 67.0 Å². The van der Waals surface area contributed by atoms with E-state index in [1.165, 1.54) is 18.9 Å². The fourth-order valence-corrected chi connectivity index (χ4v) is 2.73. The van der Waals surface area contributed by atoms with Crippen LogP contribution in [0.25, 0.3) is 0 Å². The summed E-state index contributed by atoms with van der Waals surface area (Å²) in [5.41, 5.74) is 0. The average molecular weight is 292 g/mol. The molecule has 0 aromatic carbocycles. The van der Waals surface area contributed by atoms with Crippen molar-refractivity contribution in [3.8, 4) is 0 Å². The number of amides is 1. The molecular formula is C11H20N2O5S. The first kappa shape index (κ1) is 15.9. The smallest absolute Gasteiger partial charge is 0.306 e. The SMILES string of the molecule is CCS(=O)(=O)N(C)CC(=O)N1CCC(C(=O)O)CC1. The first-order valence-corrected chi connectivity index (χ1v) is 7.83. The standard InChI is InChI=1S/C11H20N2O5S/c1-3-19(17,18)12(2)8-10(14)13-6-4-9(5-7-13)11(15)16/h9H,3-8H2,1-2H3,(H,15,16). The number of likely N-dealkylation sites (N-methyl/N-ethyl adjacent to an activating group) is 1. The molecule has 0 atom stereocenters. The second-order valence-electron chi connectivity index (χ2n) is 4.65. The summed E-state index contributed by atoms with van der Waals surface area (Å²) in [6, 6.07) is 0. The zero-order valence-electron chi connectivity index (χ0n) is 11.2. The van der Waals surface area contributed by atoms with Crippen molar-refractivity contribution in [2.24, 2.45) is 5.92 Å². The van der Waals surface area contributed by atoms with Gasteiger partial charge in [-0.1, -0.05) is 0 Å². The van der Waals surface area contributed by atoms with E-state index in [2.05, 4.69) is 0 Å². The molecule has 0 saturated carbocycles. The highest BCUT2D eigenvalue weighted by Crippen LogP contribution is 2.17. The zero-order chi connectivity index (χ0) is 14.6. The molecule has 0 unspecified atom stereocenters. The second kappa shape index (κ2) is 6.33. The molecule has 0 spiro atoms. The predicted molar refractivity (Wildman–Crippen MR) is 69.0 cm³/mol. The number of hydrogen-bond acceptors (Lipinski definition) is 4. The van der Waals surface area contributed by atoms with E-state index in [0.717, 1.165) is 4.31 Å². The van der Waals surface area contributed by atoms with Gasteiger partial charge >= 0.3 is 5.97 Å². The van der Waals surface area contributed by atoms with Crippen LogP contribution in [0.4, 0.5) is 0 Å². The molecule has 1 N–H and O–H groups in total. The van der Waals surface area contributed by atoms with E-state index in [0.29, 0.717) is 25.9 Å². The van der Waals surface area contributed by atoms with Gasteiger partial charge in [0.25, 0.3) is 0 Å². The van der Waals surface area contributed by atoms with E-state index < -0.39 is 21.9 Å². The van der Waals surface area contributed by atoms with Gasteiger partial charge in [0, 0.05) is 20.1 Å². The Morgan fingerprint density at radius 2 is 1.84 bits per heavy atom. The third kappa shape index (κ3) is 4.17. The molecule has 1 heterocycles. The summed E-state index contributed by atoms with van der Waals surface area (Å²) >= 11 is 0. The summed E-state index contributed by atoms with van der Waals surface area (Å²) in [4.78, 5) is 24.2. The first-order valence-electron chi connectivity index (χ1n) is 6.22. The maximum Gasteiger partial charge on any atom is 0.306 e. The number of carbonyl (C=O) groups excluding carboxylic acids is 1. The van der Waals surface area contributed by atoms with Crippen LogP contribution >= 0.6 is 0 Å². The van der Waals surface area contributed by atoms with Gasteiger partial charge in [0.05, 0.1) is 18.2 Å². The van der Waals surface area contributed by atoms with Gasteiger partial charge in [0.1, 0.15) is 0 Å². The van der Waals surface area contributed by atoms with Gasteiger partial charge in [-0.2, -0.15) is 4.31 Å². The van der Waals surface area contributed by atoms with Crippen molar-refractivity contribution in [2.45, 2.75) is 19.8 Å². The third-order valence-corrected chi connectivity index (χ3v) is 5.20. The molecule has 0 aromatic rings. The normalized spacial score (nSPS) is 17.7. The lowest BCUT2D eigenvalue weighted by Crippen LogP contribution is -2.45. The van der Waals surface area contributed by atoms with Crippen molar-refractivity contribution in [3.63, 3.8) is 0 Å². The van der Waals surface area contributed by atoms with E-state index in [-0.39, 0.29) is 18.2 Å². The Morgan fingerprint density at radius 3 is 2.26 bits per heavy atom. The Balaban J connectivity index is 2.50. The molecule has 0 radical (unpaired) electrons. The molecule has 7 nitrogen and oxygen atoms in total. The number of likely N-dealkylation sites (tertiary alicyclic amines) is 1. The predicted octanol–water partition coefficient (Wildman–Crippen LogP) is -0.409. The number of aliphatic carboxylic acids is 1. The van der Waals surface area contributed by atoms with Gasteiger partial charge < -0.3 is 10.0 Å². The van der Waals surface area contributed by atoms with E-state index in [9.17, 15) is 18.0 Å². The Labute approximate surface area is 113 Å². The van der Waals surface area contributed by atoms with Gasteiger partial charge in [-0.25, -0.2) is 8.42 Å². The van der Waals surface area contributed by atoms with Crippen molar-refractivity contribution >= 4 is 21.9 Å². The molecular weight excluding hydrogens is 272 g/mol. The maximum atomic E-state index is 11.9. The summed E-state index contributed by atoms with van der Waals surface area (Å²) < 4.78 is 24.1. The minimum absolute atomic E-state index is 0.0438. The van der Waals surface area contributed by atoms with E-state index in [1.54, 1.807) is 0 Å². The summed E-state index contributed by atoms with van der Waals surface area (Å²) in [6.45, 7) is 2.08. The Bertz CT molecular complexity index is 440. The molecule has 0 aromatic heterocycles. The van der Waals surface area contributed by atoms with Crippen LogP contribution in [0.2, 0.25) is 0 Å². The molecule has 1 amide bonds. The van der Waals surface area contributed by atoms with Crippen molar-refractivity contribution in [2.75, 3.05) is 32.4 Å². The summed E-state index contributed by atoms with van der Waals surface area (Å²) in [5, 5.41) is 8.86. The average Bonchev–Trinajstić information content (AvgIpc) is 2.38. The zero-order valence-corrected chi connectivity index (χ0v) is 12.0. The molecule has 0 aliphatic carbocycles. The largest absolute Gasteiger partial charge is 0.481 e. The molecule has 0 bridgehead atoms. The molecule has 1 fully saturated rings. The third-order valence-electron chi connectivity index (χ3n) is 3.39. The fraction of sp³-hybridized carbons (Fsp3) is 0.818. The van der Waals surface area contributed by atoms with Gasteiger partial charge in [-0.15, -0.1) is 0 Å². The second-order valence-corrected chi connectivity index (χ2v) is 7.01. The molecule has 19 heavy (non-hydrogen) atoms. The van der Waals surface area contributed by atoms with E-state index in [1.807, 2.05) is 0 Å². The Kier molecular flexibility index (Phi) is 5.30. The number of carboxylic acid groups (broad SMARTS) is 1. The summed E-state index contributed by atoms with van der Waals surface area (Å²) in [5.74, 6) is -1.56. The number of piperidine rings is 1. The minimum Gasteiger partial charge on any atom is -0.481 e. The summed E-state index contributed by atoms with van der Waals surface area (Å²) in [6.07, 6.45) is 0.844. The molecule has 1 aliphatic rings. The van der Waals surface area contributed by atoms with E-state index >= 15 is 0 Å². The number of carbonyl (C=O) groups is 2. The van der Waals surface area contributed by atoms with Crippen LogP contribution in [-0.2, 0) is 19.6 Å². The lowest BCUT2D eigenvalue weighted by Gasteiger charge is -2.31. The van der Waals surface area contributed by atoms with Crippen LogP contribution in [0.5, 0.6) is 0 Å². The van der Waals surface area contributed by atoms with Crippen molar-refractivity contribution in [3.05, 3.63) is 0 Å². The van der Waals surface area contributed by atoms with Crippen LogP contribution < -0.4 is 0 Å².